The summed E-state index contributed by atoms with van der Waals surface area (Å²) in [6.45, 7) is 7.05. The first-order valence-electron chi connectivity index (χ1n) is 11.1. The monoisotopic (exact) mass is 451 g/mol. The van der Waals surface area contributed by atoms with Crippen LogP contribution in [0.15, 0.2) is 72.8 Å². The lowest BCUT2D eigenvalue weighted by atomic mass is 9.81. The summed E-state index contributed by atoms with van der Waals surface area (Å²) < 4.78 is 11.3. The molecule has 3 aromatic carbocycles. The van der Waals surface area contributed by atoms with Crippen LogP contribution in [0.5, 0.6) is 5.75 Å². The van der Waals surface area contributed by atoms with Crippen LogP contribution in [-0.2, 0) is 16.8 Å². The number of hydrogen-bond acceptors (Lipinski definition) is 4. The lowest BCUT2D eigenvalue weighted by Crippen LogP contribution is -2.38. The van der Waals surface area contributed by atoms with Gasteiger partial charge in [0.15, 0.2) is 0 Å². The van der Waals surface area contributed by atoms with E-state index in [9.17, 15) is 5.11 Å². The Hall–Kier alpha value is -2.37. The maximum absolute atomic E-state index is 11.9. The van der Waals surface area contributed by atoms with Crippen LogP contribution in [0, 0.1) is 6.92 Å². The molecule has 0 amide bonds. The van der Waals surface area contributed by atoms with Crippen molar-refractivity contribution in [2.75, 3.05) is 39.5 Å². The van der Waals surface area contributed by atoms with E-state index in [0.717, 1.165) is 60.9 Å². The van der Waals surface area contributed by atoms with Gasteiger partial charge < -0.3 is 14.6 Å². The average molecular weight is 452 g/mol. The number of benzene rings is 3. The van der Waals surface area contributed by atoms with Crippen molar-refractivity contribution >= 4 is 11.6 Å². The Bertz CT molecular complexity index is 983. The maximum Gasteiger partial charge on any atom is 0.119 e. The van der Waals surface area contributed by atoms with Crippen molar-refractivity contribution < 1.29 is 14.6 Å². The average Bonchev–Trinajstić information content (AvgIpc) is 2.82. The number of ether oxygens (including phenoxy) is 2. The van der Waals surface area contributed by atoms with E-state index in [1.165, 1.54) is 0 Å². The van der Waals surface area contributed by atoms with Crippen molar-refractivity contribution in [1.82, 2.24) is 4.90 Å². The second-order valence-electron chi connectivity index (χ2n) is 8.36. The number of halogens is 1. The largest absolute Gasteiger partial charge is 0.492 e. The van der Waals surface area contributed by atoms with Crippen molar-refractivity contribution in [3.05, 3.63) is 100 Å². The smallest absolute Gasteiger partial charge is 0.119 e. The Morgan fingerprint density at radius 3 is 2.12 bits per heavy atom. The summed E-state index contributed by atoms with van der Waals surface area (Å²) in [5.41, 5.74) is 2.71. The van der Waals surface area contributed by atoms with Crippen LogP contribution in [0.1, 0.15) is 22.3 Å². The van der Waals surface area contributed by atoms with E-state index in [1.807, 2.05) is 79.7 Å². The molecule has 1 heterocycles. The molecule has 0 spiro atoms. The minimum Gasteiger partial charge on any atom is -0.492 e. The van der Waals surface area contributed by atoms with Crippen LogP contribution in [0.2, 0.25) is 5.02 Å². The molecule has 0 bridgehead atoms. The molecule has 4 nitrogen and oxygen atoms in total. The Morgan fingerprint density at radius 2 is 1.50 bits per heavy atom. The van der Waals surface area contributed by atoms with Gasteiger partial charge in [0, 0.05) is 31.1 Å². The Balaban J connectivity index is 1.51. The van der Waals surface area contributed by atoms with Crippen molar-refractivity contribution in [3.8, 4) is 5.75 Å². The lowest BCUT2D eigenvalue weighted by molar-refractivity contribution is 0.0322. The first-order valence-corrected chi connectivity index (χ1v) is 11.5. The van der Waals surface area contributed by atoms with Crippen LogP contribution >= 0.6 is 11.6 Å². The van der Waals surface area contributed by atoms with Gasteiger partial charge in [-0.2, -0.15) is 0 Å². The van der Waals surface area contributed by atoms with E-state index in [1.54, 1.807) is 0 Å². The fourth-order valence-electron chi connectivity index (χ4n) is 4.04. The standard InChI is InChI=1S/C27H30ClNO3/c1-21-2-6-23(7-3-21)27(30,20-22-4-10-25(28)11-5-22)24-8-12-26(13-9-24)32-19-16-29-14-17-31-18-15-29/h2-13,30H,14-20H2,1H3. The third-order valence-corrected chi connectivity index (χ3v) is 6.27. The lowest BCUT2D eigenvalue weighted by Gasteiger charge is -2.30. The minimum atomic E-state index is -1.16. The van der Waals surface area contributed by atoms with Gasteiger partial charge in [-0.1, -0.05) is 65.7 Å². The number of aliphatic hydroxyl groups is 1. The molecule has 1 fully saturated rings. The van der Waals surface area contributed by atoms with Gasteiger partial charge in [-0.15, -0.1) is 0 Å². The predicted molar refractivity (Wildman–Crippen MR) is 129 cm³/mol. The molecule has 1 saturated heterocycles. The number of rotatable bonds is 8. The highest BCUT2D eigenvalue weighted by atomic mass is 35.5. The van der Waals surface area contributed by atoms with E-state index in [4.69, 9.17) is 21.1 Å². The van der Waals surface area contributed by atoms with E-state index in [0.29, 0.717) is 18.1 Å². The Kier molecular flexibility index (Phi) is 7.48. The third kappa shape index (κ3) is 5.70. The van der Waals surface area contributed by atoms with E-state index >= 15 is 0 Å². The Morgan fingerprint density at radius 1 is 0.906 bits per heavy atom. The van der Waals surface area contributed by atoms with Crippen molar-refractivity contribution in [3.63, 3.8) is 0 Å². The number of morpholine rings is 1. The van der Waals surface area contributed by atoms with Gasteiger partial charge in [-0.05, 0) is 47.9 Å². The summed E-state index contributed by atoms with van der Waals surface area (Å²) in [5.74, 6) is 0.805. The highest BCUT2D eigenvalue weighted by Gasteiger charge is 2.32. The van der Waals surface area contributed by atoms with Gasteiger partial charge in [-0.25, -0.2) is 0 Å². The molecule has 1 aliphatic heterocycles. The third-order valence-electron chi connectivity index (χ3n) is 6.01. The summed E-state index contributed by atoms with van der Waals surface area (Å²) >= 11 is 6.06. The van der Waals surface area contributed by atoms with Gasteiger partial charge in [0.25, 0.3) is 0 Å². The first-order chi connectivity index (χ1) is 15.5. The van der Waals surface area contributed by atoms with Crippen LogP contribution in [0.4, 0.5) is 0 Å². The summed E-state index contributed by atoms with van der Waals surface area (Å²) in [6.07, 6.45) is 0.449. The van der Waals surface area contributed by atoms with E-state index in [-0.39, 0.29) is 0 Å². The van der Waals surface area contributed by atoms with E-state index < -0.39 is 5.60 Å². The zero-order chi connectivity index (χ0) is 22.4. The molecule has 3 aromatic rings. The molecule has 32 heavy (non-hydrogen) atoms. The van der Waals surface area contributed by atoms with Gasteiger partial charge in [0.05, 0.1) is 13.2 Å². The predicted octanol–water partition coefficient (Wildman–Crippen LogP) is 4.84. The SMILES string of the molecule is Cc1ccc(C(O)(Cc2ccc(Cl)cc2)c2ccc(OCCN3CCOCC3)cc2)cc1. The minimum absolute atomic E-state index is 0.449. The van der Waals surface area contributed by atoms with Crippen LogP contribution in [0.25, 0.3) is 0 Å². The zero-order valence-electron chi connectivity index (χ0n) is 18.5. The van der Waals surface area contributed by atoms with Crippen molar-refractivity contribution in [1.29, 1.82) is 0 Å². The number of aryl methyl sites for hydroxylation is 1. The quantitative estimate of drug-likeness (QED) is 0.532. The normalized spacial score (nSPS) is 16.5. The van der Waals surface area contributed by atoms with Gasteiger partial charge in [0.1, 0.15) is 18.0 Å². The van der Waals surface area contributed by atoms with Crippen LogP contribution in [-0.4, -0.2) is 49.5 Å². The van der Waals surface area contributed by atoms with Crippen LogP contribution in [0.3, 0.4) is 0 Å². The van der Waals surface area contributed by atoms with Gasteiger partial charge >= 0.3 is 0 Å². The molecule has 1 N–H and O–H groups in total. The molecule has 0 aliphatic carbocycles. The second-order valence-corrected chi connectivity index (χ2v) is 8.79. The van der Waals surface area contributed by atoms with Crippen LogP contribution < -0.4 is 4.74 Å². The zero-order valence-corrected chi connectivity index (χ0v) is 19.2. The molecule has 0 radical (unpaired) electrons. The van der Waals surface area contributed by atoms with Crippen molar-refractivity contribution in [2.24, 2.45) is 0 Å². The summed E-state index contributed by atoms with van der Waals surface area (Å²) in [7, 11) is 0. The molecule has 1 unspecified atom stereocenters. The highest BCUT2D eigenvalue weighted by Crippen LogP contribution is 2.34. The Labute approximate surface area is 195 Å². The van der Waals surface area contributed by atoms with Gasteiger partial charge in [-0.3, -0.25) is 4.90 Å². The maximum atomic E-state index is 11.9. The number of nitrogens with zero attached hydrogens (tertiary/aromatic N) is 1. The summed E-state index contributed by atoms with van der Waals surface area (Å²) in [5, 5.41) is 12.6. The second kappa shape index (κ2) is 10.5. The molecule has 0 aromatic heterocycles. The number of hydrogen-bond donors (Lipinski definition) is 1. The molecular formula is C27H30ClNO3. The topological polar surface area (TPSA) is 41.9 Å². The molecule has 1 aliphatic rings. The molecule has 0 saturated carbocycles. The fraction of sp³-hybridized carbons (Fsp3) is 0.333. The van der Waals surface area contributed by atoms with Crippen molar-refractivity contribution in [2.45, 2.75) is 18.9 Å². The molecule has 5 heteroatoms. The first kappa shape index (κ1) is 22.8. The molecule has 168 valence electrons. The molecular weight excluding hydrogens is 422 g/mol. The fourth-order valence-corrected chi connectivity index (χ4v) is 4.17. The van der Waals surface area contributed by atoms with Gasteiger partial charge in [0.2, 0.25) is 0 Å². The highest BCUT2D eigenvalue weighted by molar-refractivity contribution is 6.30. The molecule has 1 atom stereocenters. The van der Waals surface area contributed by atoms with E-state index in [2.05, 4.69) is 4.90 Å². The summed E-state index contributed by atoms with van der Waals surface area (Å²) in [6, 6.07) is 23.5. The summed E-state index contributed by atoms with van der Waals surface area (Å²) in [4.78, 5) is 2.35. The molecule has 4 rings (SSSR count).